The molecular weight excluding hydrogens is 184 g/mol. The highest BCUT2D eigenvalue weighted by Crippen LogP contribution is 2.24. The molecule has 0 aliphatic heterocycles. The molecule has 0 aromatic carbocycles. The molecule has 0 aliphatic carbocycles. The first kappa shape index (κ1) is 10.5. The minimum absolute atomic E-state index is 0.0236. The molecule has 0 amide bonds. The van der Waals surface area contributed by atoms with Crippen LogP contribution in [0.25, 0.3) is 0 Å². The molecule has 13 heavy (non-hydrogen) atoms. The third-order valence-corrected chi connectivity index (χ3v) is 2.24. The molecule has 1 heterocycles. The minimum atomic E-state index is 0.0236. The van der Waals surface area contributed by atoms with Crippen molar-refractivity contribution in [3.63, 3.8) is 0 Å². The van der Waals surface area contributed by atoms with Crippen LogP contribution in [0.2, 0.25) is 5.02 Å². The van der Waals surface area contributed by atoms with E-state index in [1.165, 1.54) is 0 Å². The molecule has 1 unspecified atom stereocenters. The Kier molecular flexibility index (Phi) is 3.70. The molecule has 0 aliphatic rings. The van der Waals surface area contributed by atoms with Gasteiger partial charge in [-0.3, -0.25) is 4.98 Å². The van der Waals surface area contributed by atoms with Gasteiger partial charge in [-0.25, -0.2) is 0 Å². The second-order valence-corrected chi connectivity index (χ2v) is 4.04. The van der Waals surface area contributed by atoms with Gasteiger partial charge in [0.15, 0.2) is 0 Å². The second-order valence-electron chi connectivity index (χ2n) is 3.63. The van der Waals surface area contributed by atoms with Crippen molar-refractivity contribution < 1.29 is 0 Å². The third kappa shape index (κ3) is 2.98. The number of rotatable bonds is 3. The summed E-state index contributed by atoms with van der Waals surface area (Å²) in [4.78, 5) is 3.92. The van der Waals surface area contributed by atoms with Crippen molar-refractivity contribution in [1.82, 2.24) is 4.98 Å². The Morgan fingerprint density at radius 1 is 1.54 bits per heavy atom. The van der Waals surface area contributed by atoms with Crippen LogP contribution in [-0.4, -0.2) is 4.98 Å². The van der Waals surface area contributed by atoms with Gasteiger partial charge in [0.05, 0.1) is 5.02 Å². The Labute approximate surface area is 84.1 Å². The Morgan fingerprint density at radius 3 is 2.77 bits per heavy atom. The van der Waals surface area contributed by atoms with Crippen LogP contribution in [0.15, 0.2) is 18.5 Å². The van der Waals surface area contributed by atoms with Crippen LogP contribution in [0, 0.1) is 5.92 Å². The summed E-state index contributed by atoms with van der Waals surface area (Å²) in [5.41, 5.74) is 6.98. The highest BCUT2D eigenvalue weighted by atomic mass is 35.5. The van der Waals surface area contributed by atoms with Crippen LogP contribution in [-0.2, 0) is 0 Å². The lowest BCUT2D eigenvalue weighted by atomic mass is 9.99. The largest absolute Gasteiger partial charge is 0.324 e. The van der Waals surface area contributed by atoms with Gasteiger partial charge in [0.1, 0.15) is 0 Å². The van der Waals surface area contributed by atoms with Crippen molar-refractivity contribution in [2.45, 2.75) is 26.3 Å². The predicted molar refractivity (Wildman–Crippen MR) is 55.6 cm³/mol. The van der Waals surface area contributed by atoms with E-state index in [4.69, 9.17) is 17.3 Å². The number of pyridine rings is 1. The van der Waals surface area contributed by atoms with Crippen LogP contribution in [0.4, 0.5) is 0 Å². The van der Waals surface area contributed by atoms with Crippen LogP contribution >= 0.6 is 11.6 Å². The van der Waals surface area contributed by atoms with Crippen molar-refractivity contribution in [3.8, 4) is 0 Å². The maximum absolute atomic E-state index is 5.98. The van der Waals surface area contributed by atoms with E-state index in [1.54, 1.807) is 12.4 Å². The van der Waals surface area contributed by atoms with Gasteiger partial charge in [-0.2, -0.15) is 0 Å². The molecule has 0 saturated carbocycles. The van der Waals surface area contributed by atoms with Crippen molar-refractivity contribution in [3.05, 3.63) is 29.0 Å². The van der Waals surface area contributed by atoms with E-state index in [0.29, 0.717) is 10.9 Å². The van der Waals surface area contributed by atoms with E-state index in [2.05, 4.69) is 18.8 Å². The number of nitrogens with zero attached hydrogens (tertiary/aromatic N) is 1. The molecule has 1 aromatic rings. The van der Waals surface area contributed by atoms with E-state index in [0.717, 1.165) is 12.0 Å². The zero-order chi connectivity index (χ0) is 9.84. The monoisotopic (exact) mass is 198 g/mol. The molecule has 72 valence electrons. The number of hydrogen-bond acceptors (Lipinski definition) is 2. The first-order chi connectivity index (χ1) is 6.11. The van der Waals surface area contributed by atoms with Crippen LogP contribution < -0.4 is 5.73 Å². The summed E-state index contributed by atoms with van der Waals surface area (Å²) in [6.07, 6.45) is 4.31. The fourth-order valence-electron chi connectivity index (χ4n) is 1.32. The summed E-state index contributed by atoms with van der Waals surface area (Å²) in [6.45, 7) is 4.30. The Balaban J connectivity index is 2.76. The van der Waals surface area contributed by atoms with E-state index in [9.17, 15) is 0 Å². The van der Waals surface area contributed by atoms with Gasteiger partial charge < -0.3 is 5.73 Å². The first-order valence-electron chi connectivity index (χ1n) is 4.46. The van der Waals surface area contributed by atoms with Crippen LogP contribution in [0.5, 0.6) is 0 Å². The smallest absolute Gasteiger partial charge is 0.0637 e. The van der Waals surface area contributed by atoms with Crippen LogP contribution in [0.1, 0.15) is 31.9 Å². The predicted octanol–water partition coefficient (Wildman–Crippen LogP) is 2.78. The van der Waals surface area contributed by atoms with Gasteiger partial charge in [0, 0.05) is 18.4 Å². The quantitative estimate of drug-likeness (QED) is 0.811. The zero-order valence-electron chi connectivity index (χ0n) is 8.00. The average Bonchev–Trinajstić information content (AvgIpc) is 2.03. The maximum atomic E-state index is 5.98. The first-order valence-corrected chi connectivity index (χ1v) is 4.84. The molecule has 3 heteroatoms. The molecule has 0 fully saturated rings. The number of hydrogen-bond donors (Lipinski definition) is 1. The second kappa shape index (κ2) is 4.58. The van der Waals surface area contributed by atoms with E-state index in [-0.39, 0.29) is 6.04 Å². The summed E-state index contributed by atoms with van der Waals surface area (Å²) < 4.78 is 0. The van der Waals surface area contributed by atoms with Gasteiger partial charge in [-0.05, 0) is 24.0 Å². The topological polar surface area (TPSA) is 38.9 Å². The average molecular weight is 199 g/mol. The summed E-state index contributed by atoms with van der Waals surface area (Å²) >= 11 is 5.96. The van der Waals surface area contributed by atoms with Crippen LogP contribution in [0.3, 0.4) is 0 Å². The number of nitrogens with two attached hydrogens (primary N) is 1. The lowest BCUT2D eigenvalue weighted by Gasteiger charge is -2.15. The SMILES string of the molecule is CC(C)CC(N)c1ccncc1Cl. The van der Waals surface area contributed by atoms with Crippen molar-refractivity contribution in [2.24, 2.45) is 11.7 Å². The van der Waals surface area contributed by atoms with E-state index in [1.807, 2.05) is 6.07 Å². The Morgan fingerprint density at radius 2 is 2.23 bits per heavy atom. The molecule has 0 radical (unpaired) electrons. The summed E-state index contributed by atoms with van der Waals surface area (Å²) in [5, 5.41) is 0.663. The fourth-order valence-corrected chi connectivity index (χ4v) is 1.58. The maximum Gasteiger partial charge on any atom is 0.0637 e. The van der Waals surface area contributed by atoms with Gasteiger partial charge in [-0.15, -0.1) is 0 Å². The van der Waals surface area contributed by atoms with Crippen molar-refractivity contribution in [2.75, 3.05) is 0 Å². The number of halogens is 1. The third-order valence-electron chi connectivity index (χ3n) is 1.93. The van der Waals surface area contributed by atoms with E-state index >= 15 is 0 Å². The molecular formula is C10H15ClN2. The van der Waals surface area contributed by atoms with Gasteiger partial charge in [0.2, 0.25) is 0 Å². The summed E-state index contributed by atoms with van der Waals surface area (Å²) in [7, 11) is 0. The molecule has 1 rings (SSSR count). The molecule has 0 saturated heterocycles. The van der Waals surface area contributed by atoms with Gasteiger partial charge in [-0.1, -0.05) is 25.4 Å². The summed E-state index contributed by atoms with van der Waals surface area (Å²) in [5.74, 6) is 0.583. The Bertz CT molecular complexity index is 273. The molecule has 1 atom stereocenters. The Hall–Kier alpha value is -0.600. The molecule has 2 N–H and O–H groups in total. The number of aromatic nitrogens is 1. The normalized spacial score (nSPS) is 13.3. The standard InChI is InChI=1S/C10H15ClN2/c1-7(2)5-10(12)8-3-4-13-6-9(8)11/h3-4,6-7,10H,5,12H2,1-2H3. The zero-order valence-corrected chi connectivity index (χ0v) is 8.75. The highest BCUT2D eigenvalue weighted by molar-refractivity contribution is 6.31. The fraction of sp³-hybridized carbons (Fsp3) is 0.500. The van der Waals surface area contributed by atoms with E-state index < -0.39 is 0 Å². The van der Waals surface area contributed by atoms with Gasteiger partial charge >= 0.3 is 0 Å². The molecule has 0 spiro atoms. The van der Waals surface area contributed by atoms with Crippen molar-refractivity contribution >= 4 is 11.6 Å². The summed E-state index contributed by atoms with van der Waals surface area (Å²) in [6, 6.07) is 1.91. The lowest BCUT2D eigenvalue weighted by molar-refractivity contribution is 0.510. The molecule has 1 aromatic heterocycles. The van der Waals surface area contributed by atoms with Crippen molar-refractivity contribution in [1.29, 1.82) is 0 Å². The minimum Gasteiger partial charge on any atom is -0.324 e. The highest BCUT2D eigenvalue weighted by Gasteiger charge is 2.10. The molecule has 2 nitrogen and oxygen atoms in total. The van der Waals surface area contributed by atoms with Gasteiger partial charge in [0.25, 0.3) is 0 Å². The molecule has 0 bridgehead atoms. The lowest BCUT2D eigenvalue weighted by Crippen LogP contribution is -2.13.